The Morgan fingerprint density at radius 1 is 0.318 bits per heavy atom. The van der Waals surface area contributed by atoms with Crippen molar-refractivity contribution >= 4 is 65.8 Å². The lowest BCUT2D eigenvalue weighted by atomic mass is 9.82. The van der Waals surface area contributed by atoms with Crippen molar-refractivity contribution in [2.75, 3.05) is 0 Å². The van der Waals surface area contributed by atoms with Gasteiger partial charge in [0.25, 0.3) is 0 Å². The van der Waals surface area contributed by atoms with Gasteiger partial charge >= 0.3 is 0 Å². The van der Waals surface area contributed by atoms with E-state index in [0.29, 0.717) is 17.5 Å². The number of rotatable bonds is 5. The molecular formula is C60H37N3O3. The van der Waals surface area contributed by atoms with Gasteiger partial charge in [-0.2, -0.15) is 0 Å². The molecule has 0 fully saturated rings. The molecule has 0 radical (unpaired) electrons. The van der Waals surface area contributed by atoms with Crippen molar-refractivity contribution in [2.24, 2.45) is 0 Å². The molecule has 0 aliphatic heterocycles. The van der Waals surface area contributed by atoms with E-state index in [2.05, 4.69) is 135 Å². The zero-order valence-electron chi connectivity index (χ0n) is 36.0. The Hall–Kier alpha value is -8.61. The predicted octanol–water partition coefficient (Wildman–Crippen LogP) is 16.2. The summed E-state index contributed by atoms with van der Waals surface area (Å²) in [6, 6.07) is 65.5. The second-order valence-corrected chi connectivity index (χ2v) is 17.9. The van der Waals surface area contributed by atoms with E-state index in [9.17, 15) is 0 Å². The fourth-order valence-electron chi connectivity index (χ4n) is 10.6. The van der Waals surface area contributed by atoms with E-state index in [-0.39, 0.29) is 5.41 Å². The van der Waals surface area contributed by atoms with Gasteiger partial charge < -0.3 is 13.3 Å². The van der Waals surface area contributed by atoms with Gasteiger partial charge in [0.1, 0.15) is 33.5 Å². The Balaban J connectivity index is 0.925. The van der Waals surface area contributed by atoms with Crippen LogP contribution in [0.3, 0.4) is 0 Å². The Morgan fingerprint density at radius 3 is 1.59 bits per heavy atom. The lowest BCUT2D eigenvalue weighted by molar-refractivity contribution is 0.660. The number of nitrogens with zero attached hydrogens (tertiary/aromatic N) is 3. The monoisotopic (exact) mass is 847 g/mol. The van der Waals surface area contributed by atoms with Gasteiger partial charge in [-0.1, -0.05) is 153 Å². The SMILES string of the molecule is CC1(C)c2ccccc2-c2c(-c3ccc(-c4ccc5oc6cccc(-c7nc(-c8ccc9c(c8)oc8ccccc89)nc(-c8cccc9oc%10ccccc%10c89)n7)c6c5c4)cc3)cccc21. The van der Waals surface area contributed by atoms with Crippen LogP contribution >= 0.6 is 0 Å². The predicted molar refractivity (Wildman–Crippen MR) is 266 cm³/mol. The summed E-state index contributed by atoms with van der Waals surface area (Å²) in [5, 5.41) is 5.99. The zero-order valence-corrected chi connectivity index (χ0v) is 36.0. The standard InChI is InChI=1S/C60H37N3O3/c1-60(2)46-18-6-3-13-41(46)54-38(15-9-19-47(54)60)35-26-24-34(25-27-35)36-29-31-50-45(32-36)56-44(17-11-23-52(56)65-50)59-62-57(37-28-30-40-39-12-4-7-20-48(39)66-53(40)33-37)61-58(63-59)43-16-10-22-51-55(43)42-14-5-8-21-49(42)64-51/h3-33H,1-2H3. The van der Waals surface area contributed by atoms with Crippen LogP contribution in [0.5, 0.6) is 0 Å². The Morgan fingerprint density at radius 2 is 0.818 bits per heavy atom. The highest BCUT2D eigenvalue weighted by atomic mass is 16.3. The van der Waals surface area contributed by atoms with Crippen molar-refractivity contribution in [3.63, 3.8) is 0 Å². The van der Waals surface area contributed by atoms with E-state index in [0.717, 1.165) is 93.6 Å². The van der Waals surface area contributed by atoms with Crippen LogP contribution in [0, 0.1) is 0 Å². The summed E-state index contributed by atoms with van der Waals surface area (Å²) in [6.07, 6.45) is 0. The maximum absolute atomic E-state index is 6.58. The minimum atomic E-state index is -0.0551. The van der Waals surface area contributed by atoms with Crippen LogP contribution in [0.15, 0.2) is 201 Å². The van der Waals surface area contributed by atoms with Crippen molar-refractivity contribution in [3.8, 4) is 67.5 Å². The number of benzene rings is 9. The molecule has 1 aliphatic rings. The summed E-state index contributed by atoms with van der Waals surface area (Å²) in [4.78, 5) is 15.8. The normalized spacial score (nSPS) is 13.1. The molecule has 0 amide bonds. The summed E-state index contributed by atoms with van der Waals surface area (Å²) in [5.41, 5.74) is 17.3. The molecule has 0 saturated heterocycles. The van der Waals surface area contributed by atoms with Crippen LogP contribution < -0.4 is 0 Å². The van der Waals surface area contributed by atoms with E-state index < -0.39 is 0 Å². The molecule has 6 heteroatoms. The summed E-state index contributed by atoms with van der Waals surface area (Å²) in [7, 11) is 0. The van der Waals surface area contributed by atoms with Crippen LogP contribution in [-0.2, 0) is 5.41 Å². The van der Waals surface area contributed by atoms with E-state index in [4.69, 9.17) is 28.2 Å². The van der Waals surface area contributed by atoms with Crippen molar-refractivity contribution in [1.82, 2.24) is 15.0 Å². The molecule has 310 valence electrons. The summed E-state index contributed by atoms with van der Waals surface area (Å²) < 4.78 is 19.3. The van der Waals surface area contributed by atoms with Crippen molar-refractivity contribution < 1.29 is 13.3 Å². The average Bonchev–Trinajstić information content (AvgIpc) is 4.11. The fraction of sp³-hybridized carbons (Fsp3) is 0.0500. The molecule has 0 saturated carbocycles. The van der Waals surface area contributed by atoms with E-state index in [1.165, 1.54) is 33.4 Å². The Kier molecular flexibility index (Phi) is 7.64. The zero-order chi connectivity index (χ0) is 43.7. The molecule has 0 unspecified atom stereocenters. The topological polar surface area (TPSA) is 78.1 Å². The first-order chi connectivity index (χ1) is 32.4. The highest BCUT2D eigenvalue weighted by molar-refractivity contribution is 6.14. The van der Waals surface area contributed by atoms with Gasteiger partial charge in [-0.25, -0.2) is 15.0 Å². The Bertz CT molecular complexity index is 4150. The number of hydrogen-bond donors (Lipinski definition) is 0. The van der Waals surface area contributed by atoms with E-state index >= 15 is 0 Å². The summed E-state index contributed by atoms with van der Waals surface area (Å²) in [6.45, 7) is 4.66. The highest BCUT2D eigenvalue weighted by Gasteiger charge is 2.36. The van der Waals surface area contributed by atoms with Crippen LogP contribution in [0.25, 0.3) is 133 Å². The molecule has 13 aromatic rings. The molecule has 14 rings (SSSR count). The fourth-order valence-corrected chi connectivity index (χ4v) is 10.6. The van der Waals surface area contributed by atoms with Crippen molar-refractivity contribution in [1.29, 1.82) is 0 Å². The second-order valence-electron chi connectivity index (χ2n) is 17.9. The van der Waals surface area contributed by atoms with E-state index in [1.807, 2.05) is 66.7 Å². The molecule has 0 spiro atoms. The summed E-state index contributed by atoms with van der Waals surface area (Å²) >= 11 is 0. The first-order valence-corrected chi connectivity index (χ1v) is 22.3. The third kappa shape index (κ3) is 5.39. The van der Waals surface area contributed by atoms with Gasteiger partial charge in [-0.05, 0) is 93.0 Å². The molecule has 4 heterocycles. The van der Waals surface area contributed by atoms with Crippen molar-refractivity contribution in [2.45, 2.75) is 19.3 Å². The maximum atomic E-state index is 6.58. The molecule has 0 N–H and O–H groups in total. The third-order valence-corrected chi connectivity index (χ3v) is 13.8. The lowest BCUT2D eigenvalue weighted by Crippen LogP contribution is -2.14. The van der Waals surface area contributed by atoms with Crippen LogP contribution in [0.4, 0.5) is 0 Å². The van der Waals surface area contributed by atoms with Gasteiger partial charge in [0.15, 0.2) is 17.5 Å². The van der Waals surface area contributed by atoms with Crippen LogP contribution in [0.2, 0.25) is 0 Å². The molecule has 9 aromatic carbocycles. The Labute approximate surface area is 378 Å². The average molecular weight is 848 g/mol. The maximum Gasteiger partial charge on any atom is 0.164 e. The minimum absolute atomic E-state index is 0.0551. The van der Waals surface area contributed by atoms with Gasteiger partial charge in [-0.15, -0.1) is 0 Å². The molecular weight excluding hydrogens is 811 g/mol. The minimum Gasteiger partial charge on any atom is -0.456 e. The first-order valence-electron chi connectivity index (χ1n) is 22.3. The molecule has 1 aliphatic carbocycles. The smallest absolute Gasteiger partial charge is 0.164 e. The summed E-state index contributed by atoms with van der Waals surface area (Å²) in [5.74, 6) is 1.61. The number of hydrogen-bond acceptors (Lipinski definition) is 6. The number of para-hydroxylation sites is 2. The number of furan rings is 3. The molecule has 4 aromatic heterocycles. The van der Waals surface area contributed by atoms with Gasteiger partial charge in [0.2, 0.25) is 0 Å². The third-order valence-electron chi connectivity index (χ3n) is 13.8. The quantitative estimate of drug-likeness (QED) is 0.172. The van der Waals surface area contributed by atoms with E-state index in [1.54, 1.807) is 0 Å². The second kappa shape index (κ2) is 13.7. The number of aromatic nitrogens is 3. The molecule has 6 nitrogen and oxygen atoms in total. The molecule has 0 atom stereocenters. The van der Waals surface area contributed by atoms with Crippen LogP contribution in [-0.4, -0.2) is 15.0 Å². The molecule has 66 heavy (non-hydrogen) atoms. The van der Waals surface area contributed by atoms with Gasteiger partial charge in [0, 0.05) is 54.4 Å². The number of fused-ring (bicyclic) bond motifs is 12. The largest absolute Gasteiger partial charge is 0.456 e. The lowest BCUT2D eigenvalue weighted by Gasteiger charge is -2.21. The first kappa shape index (κ1) is 36.8. The molecule has 0 bridgehead atoms. The van der Waals surface area contributed by atoms with Crippen LogP contribution in [0.1, 0.15) is 25.0 Å². The van der Waals surface area contributed by atoms with Crippen molar-refractivity contribution in [3.05, 3.63) is 199 Å². The van der Waals surface area contributed by atoms with Gasteiger partial charge in [0.05, 0.1) is 0 Å². The highest BCUT2D eigenvalue weighted by Crippen LogP contribution is 2.52. The van der Waals surface area contributed by atoms with Gasteiger partial charge in [-0.3, -0.25) is 0 Å².